The highest BCUT2D eigenvalue weighted by Gasteiger charge is 2.27. The van der Waals surface area contributed by atoms with Crippen LogP contribution in [0, 0.1) is 5.92 Å². The van der Waals surface area contributed by atoms with Crippen molar-refractivity contribution in [2.24, 2.45) is 5.92 Å². The number of nitrogens with zero attached hydrogens (tertiary/aromatic N) is 1. The maximum atomic E-state index is 12.2. The van der Waals surface area contributed by atoms with Crippen molar-refractivity contribution in [1.82, 2.24) is 10.2 Å². The summed E-state index contributed by atoms with van der Waals surface area (Å²) in [6.45, 7) is 7.88. The molecule has 1 saturated heterocycles. The first-order valence-corrected chi connectivity index (χ1v) is 8.70. The molecule has 0 bridgehead atoms. The Bertz CT molecular complexity index is 569. The Hall–Kier alpha value is -2.08. The van der Waals surface area contributed by atoms with Crippen LogP contribution < -0.4 is 5.32 Å². The van der Waals surface area contributed by atoms with E-state index in [1.54, 1.807) is 4.90 Å². The van der Waals surface area contributed by atoms with Gasteiger partial charge in [0, 0.05) is 19.6 Å². The molecule has 0 unspecified atom stereocenters. The molecule has 1 N–H and O–H groups in total. The average Bonchev–Trinajstić information content (AvgIpc) is 3.01. The second kappa shape index (κ2) is 8.85. The van der Waals surface area contributed by atoms with Crippen LogP contribution in [0.4, 0.5) is 4.79 Å². The van der Waals surface area contributed by atoms with Crippen LogP contribution in [0.15, 0.2) is 30.3 Å². The zero-order chi connectivity index (χ0) is 18.3. The summed E-state index contributed by atoms with van der Waals surface area (Å²) in [6, 6.07) is 9.79. The smallest absolute Gasteiger partial charge is 0.407 e. The fourth-order valence-electron chi connectivity index (χ4n) is 2.69. The van der Waals surface area contributed by atoms with Gasteiger partial charge in [-0.1, -0.05) is 30.3 Å². The maximum absolute atomic E-state index is 12.2. The van der Waals surface area contributed by atoms with Crippen LogP contribution in [0.3, 0.4) is 0 Å². The molecule has 0 aromatic heterocycles. The first kappa shape index (κ1) is 19.2. The van der Waals surface area contributed by atoms with Crippen LogP contribution in [-0.2, 0) is 20.9 Å². The Morgan fingerprint density at radius 1 is 1.24 bits per heavy atom. The number of carbonyl (C=O) groups is 2. The summed E-state index contributed by atoms with van der Waals surface area (Å²) in [5, 5.41) is 2.77. The van der Waals surface area contributed by atoms with Crippen LogP contribution >= 0.6 is 0 Å². The number of ether oxygens (including phenoxy) is 2. The Kier molecular flexibility index (Phi) is 6.82. The predicted octanol–water partition coefficient (Wildman–Crippen LogP) is 2.58. The van der Waals surface area contributed by atoms with Gasteiger partial charge in [-0.3, -0.25) is 4.79 Å². The van der Waals surface area contributed by atoms with Gasteiger partial charge in [0.05, 0.1) is 6.61 Å². The first-order chi connectivity index (χ1) is 11.8. The van der Waals surface area contributed by atoms with E-state index in [1.165, 1.54) is 0 Å². The number of rotatable bonds is 6. The Balaban J connectivity index is 1.64. The molecule has 0 aliphatic carbocycles. The van der Waals surface area contributed by atoms with Gasteiger partial charge < -0.3 is 19.7 Å². The molecule has 1 heterocycles. The van der Waals surface area contributed by atoms with Gasteiger partial charge in [0.1, 0.15) is 12.2 Å². The predicted molar refractivity (Wildman–Crippen MR) is 95.0 cm³/mol. The molecule has 138 valence electrons. The first-order valence-electron chi connectivity index (χ1n) is 8.70. The second-order valence-corrected chi connectivity index (χ2v) is 7.36. The fraction of sp³-hybridized carbons (Fsp3) is 0.579. The molecule has 1 atom stereocenters. The maximum Gasteiger partial charge on any atom is 0.407 e. The van der Waals surface area contributed by atoms with Crippen molar-refractivity contribution >= 4 is 12.0 Å². The molecule has 2 amide bonds. The van der Waals surface area contributed by atoms with Crippen molar-refractivity contribution in [3.8, 4) is 0 Å². The van der Waals surface area contributed by atoms with Gasteiger partial charge >= 0.3 is 6.09 Å². The summed E-state index contributed by atoms with van der Waals surface area (Å²) >= 11 is 0. The van der Waals surface area contributed by atoms with Crippen LogP contribution in [-0.4, -0.2) is 48.7 Å². The van der Waals surface area contributed by atoms with E-state index in [2.05, 4.69) is 5.32 Å². The molecular formula is C19H28N2O4. The lowest BCUT2D eigenvalue weighted by Crippen LogP contribution is -2.37. The molecular weight excluding hydrogens is 320 g/mol. The fourth-order valence-corrected chi connectivity index (χ4v) is 2.69. The van der Waals surface area contributed by atoms with Gasteiger partial charge in [-0.25, -0.2) is 4.79 Å². The highest BCUT2D eigenvalue weighted by molar-refractivity contribution is 5.77. The van der Waals surface area contributed by atoms with Crippen molar-refractivity contribution in [2.75, 3.05) is 26.2 Å². The van der Waals surface area contributed by atoms with E-state index in [0.29, 0.717) is 26.2 Å². The minimum Gasteiger partial charge on any atom is -0.444 e. The highest BCUT2D eigenvalue weighted by atomic mass is 16.6. The van der Waals surface area contributed by atoms with Crippen molar-refractivity contribution in [2.45, 2.75) is 39.4 Å². The van der Waals surface area contributed by atoms with E-state index in [1.807, 2.05) is 51.1 Å². The van der Waals surface area contributed by atoms with Gasteiger partial charge in [0.15, 0.2) is 0 Å². The van der Waals surface area contributed by atoms with Gasteiger partial charge in [0.25, 0.3) is 0 Å². The molecule has 25 heavy (non-hydrogen) atoms. The van der Waals surface area contributed by atoms with E-state index in [4.69, 9.17) is 9.47 Å². The lowest BCUT2D eigenvalue weighted by atomic mass is 10.1. The summed E-state index contributed by atoms with van der Waals surface area (Å²) < 4.78 is 10.7. The Labute approximate surface area is 149 Å². The molecule has 6 heteroatoms. The lowest BCUT2D eigenvalue weighted by molar-refractivity contribution is -0.135. The SMILES string of the molecule is CC(C)(C)OC(=O)NC[C@H]1CCN(C(=O)COCc2ccccc2)C1. The third kappa shape index (κ3) is 7.13. The molecule has 1 aromatic carbocycles. The summed E-state index contributed by atoms with van der Waals surface area (Å²) in [6.07, 6.45) is 0.462. The number of alkyl carbamates (subject to hydrolysis) is 1. The molecule has 0 saturated carbocycles. The molecule has 1 aliphatic rings. The van der Waals surface area contributed by atoms with E-state index < -0.39 is 11.7 Å². The molecule has 6 nitrogen and oxygen atoms in total. The quantitative estimate of drug-likeness (QED) is 0.858. The number of amides is 2. The van der Waals surface area contributed by atoms with Crippen molar-refractivity contribution in [3.63, 3.8) is 0 Å². The summed E-state index contributed by atoms with van der Waals surface area (Å²) in [5.41, 5.74) is 0.550. The van der Waals surface area contributed by atoms with E-state index in [9.17, 15) is 9.59 Å². The zero-order valence-electron chi connectivity index (χ0n) is 15.3. The highest BCUT2D eigenvalue weighted by Crippen LogP contribution is 2.16. The molecule has 1 fully saturated rings. The van der Waals surface area contributed by atoms with Crippen molar-refractivity contribution in [3.05, 3.63) is 35.9 Å². The Morgan fingerprint density at radius 3 is 2.64 bits per heavy atom. The minimum absolute atomic E-state index is 0.00398. The number of likely N-dealkylation sites (tertiary alicyclic amines) is 1. The normalized spacial score (nSPS) is 17.4. The number of benzene rings is 1. The molecule has 0 spiro atoms. The molecule has 1 aromatic rings. The summed E-state index contributed by atoms with van der Waals surface area (Å²) in [4.78, 5) is 25.7. The van der Waals surface area contributed by atoms with Gasteiger partial charge in [0.2, 0.25) is 5.91 Å². The van der Waals surface area contributed by atoms with Crippen LogP contribution in [0.2, 0.25) is 0 Å². The van der Waals surface area contributed by atoms with Gasteiger partial charge in [-0.05, 0) is 38.7 Å². The third-order valence-corrected chi connectivity index (χ3v) is 3.91. The minimum atomic E-state index is -0.502. The Morgan fingerprint density at radius 2 is 1.96 bits per heavy atom. The van der Waals surface area contributed by atoms with Gasteiger partial charge in [-0.2, -0.15) is 0 Å². The molecule has 2 rings (SSSR count). The van der Waals surface area contributed by atoms with Crippen LogP contribution in [0.1, 0.15) is 32.8 Å². The number of hydrogen-bond acceptors (Lipinski definition) is 4. The largest absolute Gasteiger partial charge is 0.444 e. The van der Waals surface area contributed by atoms with E-state index >= 15 is 0 Å². The van der Waals surface area contributed by atoms with Crippen LogP contribution in [0.25, 0.3) is 0 Å². The van der Waals surface area contributed by atoms with Crippen LogP contribution in [0.5, 0.6) is 0 Å². The monoisotopic (exact) mass is 348 g/mol. The van der Waals surface area contributed by atoms with Crippen molar-refractivity contribution in [1.29, 1.82) is 0 Å². The number of nitrogens with one attached hydrogen (secondary N) is 1. The standard InChI is InChI=1S/C19H28N2O4/c1-19(2,3)25-18(23)20-11-16-9-10-21(12-16)17(22)14-24-13-15-7-5-4-6-8-15/h4-8,16H,9-14H2,1-3H3,(H,20,23)/t16-/m1/s1. The molecule has 1 aliphatic heterocycles. The third-order valence-electron chi connectivity index (χ3n) is 3.91. The number of hydrogen-bond donors (Lipinski definition) is 1. The van der Waals surface area contributed by atoms with Crippen molar-refractivity contribution < 1.29 is 19.1 Å². The van der Waals surface area contributed by atoms with E-state index in [-0.39, 0.29) is 18.4 Å². The van der Waals surface area contributed by atoms with Gasteiger partial charge in [-0.15, -0.1) is 0 Å². The zero-order valence-corrected chi connectivity index (χ0v) is 15.3. The molecule has 0 radical (unpaired) electrons. The van der Waals surface area contributed by atoms with E-state index in [0.717, 1.165) is 12.0 Å². The second-order valence-electron chi connectivity index (χ2n) is 7.36. The average molecular weight is 348 g/mol. The topological polar surface area (TPSA) is 67.9 Å². The number of carbonyl (C=O) groups excluding carboxylic acids is 2. The summed E-state index contributed by atoms with van der Waals surface area (Å²) in [7, 11) is 0. The summed E-state index contributed by atoms with van der Waals surface area (Å²) in [5.74, 6) is 0.251. The lowest BCUT2D eigenvalue weighted by Gasteiger charge is -2.21.